The Hall–Kier alpha value is -3.03. The molecule has 0 heterocycles. The third-order valence-electron chi connectivity index (χ3n) is 4.86. The van der Waals surface area contributed by atoms with E-state index in [1.165, 1.54) is 0 Å². The predicted molar refractivity (Wildman–Crippen MR) is 120 cm³/mol. The Balaban J connectivity index is 1.88. The van der Waals surface area contributed by atoms with Crippen LogP contribution in [0, 0.1) is 0 Å². The Bertz CT molecular complexity index is 1060. The molecule has 1 atom stereocenters. The summed E-state index contributed by atoms with van der Waals surface area (Å²) in [5, 5.41) is 0. The molecule has 7 heteroatoms. The Kier molecular flexibility index (Phi) is 7.55. The van der Waals surface area contributed by atoms with Crippen molar-refractivity contribution in [2.45, 2.75) is 24.3 Å². The molecule has 3 aromatic rings. The highest BCUT2D eigenvalue weighted by Gasteiger charge is 2.22. The molecule has 0 saturated carbocycles. The molecule has 3 aromatic carbocycles. The first kappa shape index (κ1) is 22.7. The van der Waals surface area contributed by atoms with Crippen molar-refractivity contribution in [3.05, 3.63) is 83.9 Å². The zero-order valence-corrected chi connectivity index (χ0v) is 18.7. The quantitative estimate of drug-likeness (QED) is 0.506. The average Bonchev–Trinajstić information content (AvgIpc) is 2.80. The first-order valence-electron chi connectivity index (χ1n) is 9.97. The van der Waals surface area contributed by atoms with Crippen molar-refractivity contribution >= 4 is 10.0 Å². The van der Waals surface area contributed by atoms with Crippen molar-refractivity contribution in [2.75, 3.05) is 20.8 Å². The number of methoxy groups -OCH3 is 2. The molecule has 0 fully saturated rings. The Morgan fingerprint density at radius 3 is 1.81 bits per heavy atom. The van der Waals surface area contributed by atoms with Gasteiger partial charge < -0.3 is 14.2 Å². The second kappa shape index (κ2) is 10.3. The van der Waals surface area contributed by atoms with E-state index < -0.39 is 16.1 Å². The topological polar surface area (TPSA) is 73.9 Å². The molecule has 6 nitrogen and oxygen atoms in total. The van der Waals surface area contributed by atoms with Gasteiger partial charge in [0.1, 0.15) is 17.2 Å². The molecule has 0 aliphatic heterocycles. The number of hydrogen-bond acceptors (Lipinski definition) is 5. The molecule has 0 saturated heterocycles. The van der Waals surface area contributed by atoms with Gasteiger partial charge in [-0.2, -0.15) is 0 Å². The highest BCUT2D eigenvalue weighted by Crippen LogP contribution is 2.25. The van der Waals surface area contributed by atoms with Crippen LogP contribution in [0.3, 0.4) is 0 Å². The van der Waals surface area contributed by atoms with Gasteiger partial charge in [-0.3, -0.25) is 0 Å². The van der Waals surface area contributed by atoms with E-state index in [9.17, 15) is 8.42 Å². The van der Waals surface area contributed by atoms with Gasteiger partial charge in [0.05, 0.1) is 31.8 Å². The van der Waals surface area contributed by atoms with Gasteiger partial charge in [0.15, 0.2) is 0 Å². The van der Waals surface area contributed by atoms with Crippen molar-refractivity contribution < 1.29 is 22.6 Å². The summed E-state index contributed by atoms with van der Waals surface area (Å²) in [7, 11) is -0.543. The number of rotatable bonds is 10. The number of nitrogens with one attached hydrogen (secondary N) is 1. The fourth-order valence-electron chi connectivity index (χ4n) is 3.20. The van der Waals surface area contributed by atoms with Gasteiger partial charge in [-0.1, -0.05) is 24.3 Å². The van der Waals surface area contributed by atoms with Crippen molar-refractivity contribution in [1.82, 2.24) is 4.72 Å². The summed E-state index contributed by atoms with van der Waals surface area (Å²) in [6.45, 7) is 2.40. The van der Waals surface area contributed by atoms with E-state index in [-0.39, 0.29) is 4.90 Å². The van der Waals surface area contributed by atoms with Crippen LogP contribution >= 0.6 is 0 Å². The lowest BCUT2D eigenvalue weighted by Crippen LogP contribution is -2.30. The fraction of sp³-hybridized carbons (Fsp3) is 0.250. The van der Waals surface area contributed by atoms with E-state index in [1.807, 2.05) is 55.5 Å². The highest BCUT2D eigenvalue weighted by molar-refractivity contribution is 7.89. The molecule has 0 aromatic heterocycles. The summed E-state index contributed by atoms with van der Waals surface area (Å²) in [5.41, 5.74) is 1.82. The van der Waals surface area contributed by atoms with E-state index in [4.69, 9.17) is 14.2 Å². The summed E-state index contributed by atoms with van der Waals surface area (Å²) in [5.74, 6) is 2.09. The SMILES string of the molecule is CCOc1ccc(S(=O)(=O)NC(Cc2ccc(OC)cc2)c2ccc(OC)cc2)cc1. The summed E-state index contributed by atoms with van der Waals surface area (Å²) < 4.78 is 44.9. The van der Waals surface area contributed by atoms with Gasteiger partial charge in [0.25, 0.3) is 0 Å². The minimum Gasteiger partial charge on any atom is -0.497 e. The van der Waals surface area contributed by atoms with Crippen LogP contribution in [0.1, 0.15) is 24.1 Å². The normalized spacial score (nSPS) is 12.2. The van der Waals surface area contributed by atoms with Gasteiger partial charge in [-0.05, 0) is 73.0 Å². The third kappa shape index (κ3) is 5.99. The van der Waals surface area contributed by atoms with Gasteiger partial charge in [-0.25, -0.2) is 13.1 Å². The van der Waals surface area contributed by atoms with Crippen LogP contribution in [0.25, 0.3) is 0 Å². The predicted octanol–water partition coefficient (Wildman–Crippen LogP) is 4.36. The van der Waals surface area contributed by atoms with Gasteiger partial charge in [-0.15, -0.1) is 0 Å². The number of sulfonamides is 1. The largest absolute Gasteiger partial charge is 0.497 e. The van der Waals surface area contributed by atoms with Crippen molar-refractivity contribution in [2.24, 2.45) is 0 Å². The van der Waals surface area contributed by atoms with Crippen LogP contribution < -0.4 is 18.9 Å². The van der Waals surface area contributed by atoms with Crippen molar-refractivity contribution in [3.63, 3.8) is 0 Å². The van der Waals surface area contributed by atoms with Crippen molar-refractivity contribution in [1.29, 1.82) is 0 Å². The second-order valence-electron chi connectivity index (χ2n) is 6.90. The maximum atomic E-state index is 13.1. The Morgan fingerprint density at radius 2 is 1.29 bits per heavy atom. The summed E-state index contributed by atoms with van der Waals surface area (Å²) >= 11 is 0. The van der Waals surface area contributed by atoms with Crippen LogP contribution in [0.4, 0.5) is 0 Å². The zero-order valence-electron chi connectivity index (χ0n) is 17.9. The molecule has 1 N–H and O–H groups in total. The van der Waals surface area contributed by atoms with E-state index in [0.717, 1.165) is 16.9 Å². The molecular weight excluding hydrogens is 414 g/mol. The lowest BCUT2D eigenvalue weighted by molar-refractivity contribution is 0.340. The van der Waals surface area contributed by atoms with Gasteiger partial charge in [0.2, 0.25) is 10.0 Å². The van der Waals surface area contributed by atoms with Gasteiger partial charge >= 0.3 is 0 Å². The fourth-order valence-corrected chi connectivity index (χ4v) is 4.42. The van der Waals surface area contributed by atoms with Crippen LogP contribution in [-0.4, -0.2) is 29.2 Å². The standard InChI is InChI=1S/C24H27NO5S/c1-4-30-22-13-15-23(16-14-22)31(26,27)25-24(19-7-11-21(29-3)12-8-19)17-18-5-9-20(28-2)10-6-18/h5-16,24-25H,4,17H2,1-3H3. The highest BCUT2D eigenvalue weighted by atomic mass is 32.2. The van der Waals surface area contributed by atoms with Crippen LogP contribution in [0.2, 0.25) is 0 Å². The lowest BCUT2D eigenvalue weighted by atomic mass is 9.99. The van der Waals surface area contributed by atoms with E-state index >= 15 is 0 Å². The molecule has 0 radical (unpaired) electrons. The minimum absolute atomic E-state index is 0.184. The molecule has 0 amide bonds. The molecule has 164 valence electrons. The molecule has 0 aliphatic rings. The molecular formula is C24H27NO5S. The van der Waals surface area contributed by atoms with Crippen molar-refractivity contribution in [3.8, 4) is 17.2 Å². The van der Waals surface area contributed by atoms with Crippen LogP contribution in [0.15, 0.2) is 77.7 Å². The average molecular weight is 442 g/mol. The van der Waals surface area contributed by atoms with E-state index in [1.54, 1.807) is 38.5 Å². The minimum atomic E-state index is -3.75. The first-order chi connectivity index (χ1) is 14.9. The number of ether oxygens (including phenoxy) is 3. The zero-order chi connectivity index (χ0) is 22.3. The molecule has 0 aliphatic carbocycles. The monoisotopic (exact) mass is 441 g/mol. The van der Waals surface area contributed by atoms with E-state index in [0.29, 0.717) is 24.5 Å². The van der Waals surface area contributed by atoms with E-state index in [2.05, 4.69) is 4.72 Å². The summed E-state index contributed by atoms with van der Waals surface area (Å²) in [6, 6.07) is 20.9. The summed E-state index contributed by atoms with van der Waals surface area (Å²) in [6.07, 6.45) is 0.479. The second-order valence-corrected chi connectivity index (χ2v) is 8.62. The maximum Gasteiger partial charge on any atom is 0.241 e. The summed E-state index contributed by atoms with van der Waals surface area (Å²) in [4.78, 5) is 0.184. The lowest BCUT2D eigenvalue weighted by Gasteiger charge is -2.20. The smallest absolute Gasteiger partial charge is 0.241 e. The van der Waals surface area contributed by atoms with Gasteiger partial charge in [0, 0.05) is 0 Å². The third-order valence-corrected chi connectivity index (χ3v) is 6.35. The molecule has 0 bridgehead atoms. The maximum absolute atomic E-state index is 13.1. The van der Waals surface area contributed by atoms with Crippen LogP contribution in [-0.2, 0) is 16.4 Å². The molecule has 3 rings (SSSR count). The Labute approximate surface area is 183 Å². The first-order valence-corrected chi connectivity index (χ1v) is 11.5. The number of hydrogen-bond donors (Lipinski definition) is 1. The Morgan fingerprint density at radius 1 is 0.774 bits per heavy atom. The van der Waals surface area contributed by atoms with Crippen LogP contribution in [0.5, 0.6) is 17.2 Å². The number of benzene rings is 3. The molecule has 0 spiro atoms. The molecule has 1 unspecified atom stereocenters. The molecule has 31 heavy (non-hydrogen) atoms.